The number of carbonyl (C=O) groups is 1. The molecule has 0 aromatic heterocycles. The molecule has 2 nitrogen and oxygen atoms in total. The lowest BCUT2D eigenvalue weighted by atomic mass is 10.1. The number of hydrogen-bond acceptors (Lipinski definition) is 1. The standard InChI is InChI=1S/C10H13NO.2C2H6/c1-4-7(2)5-9-8(3)6-11-10(9)12;2*1-2/h4-5H,3,6H2,1-2H3,(H,11,12);2*1-2H3/b7-4-,9-5+;;. The molecule has 1 amide bonds. The lowest BCUT2D eigenvalue weighted by molar-refractivity contribution is -0.116. The van der Waals surface area contributed by atoms with Crippen molar-refractivity contribution in [3.05, 3.63) is 35.5 Å². The van der Waals surface area contributed by atoms with E-state index >= 15 is 0 Å². The van der Waals surface area contributed by atoms with Gasteiger partial charge < -0.3 is 5.32 Å². The van der Waals surface area contributed by atoms with E-state index in [-0.39, 0.29) is 5.91 Å². The van der Waals surface area contributed by atoms with Gasteiger partial charge in [-0.3, -0.25) is 4.79 Å². The molecule has 1 aliphatic rings. The van der Waals surface area contributed by atoms with Crippen LogP contribution in [0, 0.1) is 0 Å². The Morgan fingerprint density at radius 3 is 2.12 bits per heavy atom. The maximum absolute atomic E-state index is 11.2. The lowest BCUT2D eigenvalue weighted by Gasteiger charge is -1.94. The van der Waals surface area contributed by atoms with E-state index in [0.29, 0.717) is 12.1 Å². The first-order chi connectivity index (χ1) is 7.65. The molecule has 0 bridgehead atoms. The minimum absolute atomic E-state index is 0.0128. The van der Waals surface area contributed by atoms with E-state index in [1.54, 1.807) is 0 Å². The van der Waals surface area contributed by atoms with Crippen molar-refractivity contribution >= 4 is 5.91 Å². The Kier molecular flexibility index (Phi) is 10.9. The largest absolute Gasteiger partial charge is 0.348 e. The van der Waals surface area contributed by atoms with Crippen LogP contribution in [0.5, 0.6) is 0 Å². The van der Waals surface area contributed by atoms with Gasteiger partial charge in [-0.1, -0.05) is 45.9 Å². The van der Waals surface area contributed by atoms with Crippen molar-refractivity contribution in [3.8, 4) is 0 Å². The van der Waals surface area contributed by atoms with E-state index in [0.717, 1.165) is 11.1 Å². The van der Waals surface area contributed by atoms with Crippen LogP contribution in [-0.2, 0) is 4.79 Å². The zero-order valence-corrected chi connectivity index (χ0v) is 11.5. The average molecular weight is 223 g/mol. The number of carbonyl (C=O) groups excluding carboxylic acids is 1. The highest BCUT2D eigenvalue weighted by Gasteiger charge is 2.19. The molecule has 1 N–H and O–H groups in total. The third-order valence-corrected chi connectivity index (χ3v) is 1.92. The Morgan fingerprint density at radius 2 is 1.81 bits per heavy atom. The molecule has 1 aliphatic heterocycles. The van der Waals surface area contributed by atoms with Crippen molar-refractivity contribution < 1.29 is 4.79 Å². The minimum atomic E-state index is -0.0128. The van der Waals surface area contributed by atoms with E-state index in [1.807, 2.05) is 53.7 Å². The topological polar surface area (TPSA) is 29.1 Å². The summed E-state index contributed by atoms with van der Waals surface area (Å²) in [6.07, 6.45) is 3.83. The first-order valence-electron chi connectivity index (χ1n) is 5.96. The molecule has 0 aromatic carbocycles. The van der Waals surface area contributed by atoms with E-state index < -0.39 is 0 Å². The second kappa shape index (κ2) is 10.2. The highest BCUT2D eigenvalue weighted by molar-refractivity contribution is 6.01. The summed E-state index contributed by atoms with van der Waals surface area (Å²) in [5.41, 5.74) is 2.68. The third kappa shape index (κ3) is 5.54. The summed E-state index contributed by atoms with van der Waals surface area (Å²) in [6, 6.07) is 0. The van der Waals surface area contributed by atoms with Crippen molar-refractivity contribution in [2.24, 2.45) is 0 Å². The Labute approximate surface area is 100 Å². The van der Waals surface area contributed by atoms with Gasteiger partial charge in [0.2, 0.25) is 0 Å². The first-order valence-corrected chi connectivity index (χ1v) is 5.96. The molecular formula is C14H25NO. The Balaban J connectivity index is 0. The summed E-state index contributed by atoms with van der Waals surface area (Å²) < 4.78 is 0. The summed E-state index contributed by atoms with van der Waals surface area (Å²) in [5.74, 6) is -0.0128. The quantitative estimate of drug-likeness (QED) is 0.676. The van der Waals surface area contributed by atoms with Gasteiger partial charge in [-0.15, -0.1) is 0 Å². The number of hydrogen-bond donors (Lipinski definition) is 1. The van der Waals surface area contributed by atoms with Gasteiger partial charge >= 0.3 is 0 Å². The van der Waals surface area contributed by atoms with E-state index in [9.17, 15) is 4.79 Å². The van der Waals surface area contributed by atoms with Crippen molar-refractivity contribution in [2.75, 3.05) is 6.54 Å². The van der Waals surface area contributed by atoms with Gasteiger partial charge in [-0.2, -0.15) is 0 Å². The van der Waals surface area contributed by atoms with Crippen LogP contribution in [0.15, 0.2) is 35.5 Å². The molecule has 0 unspecified atom stereocenters. The highest BCUT2D eigenvalue weighted by atomic mass is 16.2. The molecule has 1 saturated heterocycles. The van der Waals surface area contributed by atoms with E-state index in [4.69, 9.17) is 0 Å². The maximum atomic E-state index is 11.2. The van der Waals surface area contributed by atoms with Gasteiger partial charge in [-0.05, 0) is 25.5 Å². The highest BCUT2D eigenvalue weighted by Crippen LogP contribution is 2.15. The summed E-state index contributed by atoms with van der Waals surface area (Å²) in [7, 11) is 0. The van der Waals surface area contributed by atoms with Gasteiger partial charge in [0, 0.05) is 12.1 Å². The van der Waals surface area contributed by atoms with Crippen LogP contribution in [-0.4, -0.2) is 12.5 Å². The molecule has 0 saturated carbocycles. The zero-order chi connectivity index (χ0) is 13.1. The lowest BCUT2D eigenvalue weighted by Crippen LogP contribution is -2.14. The van der Waals surface area contributed by atoms with Gasteiger partial charge in [0.25, 0.3) is 5.91 Å². The van der Waals surface area contributed by atoms with Crippen molar-refractivity contribution in [1.82, 2.24) is 5.32 Å². The minimum Gasteiger partial charge on any atom is -0.348 e. The predicted octanol–water partition coefficient (Wildman–Crippen LogP) is 3.62. The second-order valence-electron chi connectivity index (χ2n) is 2.88. The molecule has 2 heteroatoms. The predicted molar refractivity (Wildman–Crippen MR) is 72.4 cm³/mol. The van der Waals surface area contributed by atoms with Crippen LogP contribution in [0.4, 0.5) is 0 Å². The molecule has 0 radical (unpaired) electrons. The molecule has 92 valence electrons. The van der Waals surface area contributed by atoms with Gasteiger partial charge in [0.1, 0.15) is 0 Å². The number of amides is 1. The van der Waals surface area contributed by atoms with Crippen LogP contribution in [0.2, 0.25) is 0 Å². The van der Waals surface area contributed by atoms with Crippen molar-refractivity contribution in [1.29, 1.82) is 0 Å². The molecule has 1 rings (SSSR count). The fourth-order valence-corrected chi connectivity index (χ4v) is 1.02. The number of nitrogens with one attached hydrogen (secondary N) is 1. The number of rotatable bonds is 1. The van der Waals surface area contributed by atoms with E-state index in [2.05, 4.69) is 11.9 Å². The molecule has 1 heterocycles. The summed E-state index contributed by atoms with van der Waals surface area (Å²) in [5, 5.41) is 2.71. The van der Waals surface area contributed by atoms with Gasteiger partial charge in [0.15, 0.2) is 0 Å². The molecule has 1 fully saturated rings. The van der Waals surface area contributed by atoms with Crippen LogP contribution in [0.3, 0.4) is 0 Å². The molecule has 0 atom stereocenters. The van der Waals surface area contributed by atoms with Crippen LogP contribution in [0.25, 0.3) is 0 Å². The van der Waals surface area contributed by atoms with Crippen LogP contribution < -0.4 is 5.32 Å². The summed E-state index contributed by atoms with van der Waals surface area (Å²) >= 11 is 0. The Hall–Kier alpha value is -1.31. The maximum Gasteiger partial charge on any atom is 0.251 e. The molecule has 0 aromatic rings. The van der Waals surface area contributed by atoms with Crippen LogP contribution >= 0.6 is 0 Å². The SMILES string of the molecule is C=C1CNC(=O)/C1=C/C(C)=C\C.CC.CC. The molecule has 16 heavy (non-hydrogen) atoms. The smallest absolute Gasteiger partial charge is 0.251 e. The fourth-order valence-electron chi connectivity index (χ4n) is 1.02. The Morgan fingerprint density at radius 1 is 1.31 bits per heavy atom. The van der Waals surface area contributed by atoms with Crippen LogP contribution in [0.1, 0.15) is 41.5 Å². The van der Waals surface area contributed by atoms with Gasteiger partial charge in [-0.25, -0.2) is 0 Å². The summed E-state index contributed by atoms with van der Waals surface area (Å²) in [4.78, 5) is 11.2. The molecular weight excluding hydrogens is 198 g/mol. The Bertz CT molecular complexity index is 267. The summed E-state index contributed by atoms with van der Waals surface area (Å²) in [6.45, 7) is 16.3. The third-order valence-electron chi connectivity index (χ3n) is 1.92. The average Bonchev–Trinajstić information content (AvgIpc) is 2.65. The number of allylic oxidation sites excluding steroid dienone is 3. The zero-order valence-electron chi connectivity index (χ0n) is 11.5. The normalized spacial score (nSPS) is 17.1. The fraction of sp³-hybridized carbons (Fsp3) is 0.500. The van der Waals surface area contributed by atoms with Gasteiger partial charge in [0.05, 0.1) is 0 Å². The van der Waals surface area contributed by atoms with E-state index in [1.165, 1.54) is 0 Å². The molecule has 0 aliphatic carbocycles. The second-order valence-corrected chi connectivity index (χ2v) is 2.88. The first kappa shape index (κ1) is 17.1. The molecule has 0 spiro atoms. The van der Waals surface area contributed by atoms with Crippen molar-refractivity contribution in [2.45, 2.75) is 41.5 Å². The van der Waals surface area contributed by atoms with Crippen molar-refractivity contribution in [3.63, 3.8) is 0 Å². The monoisotopic (exact) mass is 223 g/mol.